The molecule has 7 nitrogen and oxygen atoms in total. The summed E-state index contributed by atoms with van der Waals surface area (Å²) in [7, 11) is 1.49. The number of likely N-dealkylation sites (N-methyl/N-ethyl adjacent to an activating group) is 1. The van der Waals surface area contributed by atoms with E-state index in [2.05, 4.69) is 15.5 Å². The van der Waals surface area contributed by atoms with Crippen molar-refractivity contribution in [2.75, 3.05) is 46.4 Å². The number of halogens is 1. The number of alkyl carbamates (subject to hydrolysis) is 1. The lowest BCUT2D eigenvalue weighted by Crippen LogP contribution is -2.37. The van der Waals surface area contributed by atoms with Crippen molar-refractivity contribution in [1.29, 1.82) is 0 Å². The molecule has 0 bridgehead atoms. The van der Waals surface area contributed by atoms with E-state index < -0.39 is 6.09 Å². The maximum absolute atomic E-state index is 12.8. The van der Waals surface area contributed by atoms with Crippen LogP contribution in [0.5, 0.6) is 5.75 Å². The SMILES string of the molecule is CNC(=O)COC(=O)NCCC1CCN(CCOc2ccc(F)cc2)CC1. The van der Waals surface area contributed by atoms with E-state index in [-0.39, 0.29) is 18.3 Å². The minimum atomic E-state index is -0.561. The second-order valence-corrected chi connectivity index (χ2v) is 6.55. The van der Waals surface area contributed by atoms with E-state index in [1.54, 1.807) is 12.1 Å². The number of hydrogen-bond donors (Lipinski definition) is 2. The molecule has 1 aromatic rings. The van der Waals surface area contributed by atoms with Crippen molar-refractivity contribution < 1.29 is 23.5 Å². The molecule has 0 aliphatic carbocycles. The Morgan fingerprint density at radius 1 is 1.22 bits per heavy atom. The number of nitrogens with zero attached hydrogens (tertiary/aromatic N) is 1. The lowest BCUT2D eigenvalue weighted by atomic mass is 9.93. The molecule has 2 rings (SSSR count). The molecular formula is C19H28FN3O4. The van der Waals surface area contributed by atoms with Crippen molar-refractivity contribution in [2.24, 2.45) is 5.92 Å². The molecule has 1 aromatic carbocycles. The van der Waals surface area contributed by atoms with Crippen LogP contribution in [-0.4, -0.2) is 63.3 Å². The summed E-state index contributed by atoms with van der Waals surface area (Å²) in [6.07, 6.45) is 2.49. The minimum Gasteiger partial charge on any atom is -0.492 e. The Kier molecular flexibility index (Phi) is 8.83. The molecule has 0 atom stereocenters. The molecule has 2 N–H and O–H groups in total. The second kappa shape index (κ2) is 11.4. The van der Waals surface area contributed by atoms with Crippen LogP contribution in [0.25, 0.3) is 0 Å². The summed E-state index contributed by atoms with van der Waals surface area (Å²) in [4.78, 5) is 24.8. The van der Waals surface area contributed by atoms with Crippen molar-refractivity contribution in [2.45, 2.75) is 19.3 Å². The first-order chi connectivity index (χ1) is 13.1. The molecule has 1 aliphatic heterocycles. The maximum atomic E-state index is 12.8. The third-order valence-electron chi connectivity index (χ3n) is 4.63. The second-order valence-electron chi connectivity index (χ2n) is 6.55. The van der Waals surface area contributed by atoms with Crippen LogP contribution < -0.4 is 15.4 Å². The maximum Gasteiger partial charge on any atom is 0.407 e. The van der Waals surface area contributed by atoms with Gasteiger partial charge in [-0.05, 0) is 62.5 Å². The average Bonchev–Trinajstić information content (AvgIpc) is 2.69. The first-order valence-corrected chi connectivity index (χ1v) is 9.28. The van der Waals surface area contributed by atoms with E-state index in [0.29, 0.717) is 24.8 Å². The molecule has 0 saturated carbocycles. The largest absolute Gasteiger partial charge is 0.492 e. The van der Waals surface area contributed by atoms with Gasteiger partial charge in [0.15, 0.2) is 6.61 Å². The predicted molar refractivity (Wildman–Crippen MR) is 99.1 cm³/mol. The van der Waals surface area contributed by atoms with E-state index in [4.69, 9.17) is 9.47 Å². The number of nitrogens with one attached hydrogen (secondary N) is 2. The summed E-state index contributed by atoms with van der Waals surface area (Å²) < 4.78 is 23.3. The predicted octanol–water partition coefficient (Wildman–Crippen LogP) is 1.78. The summed E-state index contributed by atoms with van der Waals surface area (Å²) in [6.45, 7) is 3.70. The van der Waals surface area contributed by atoms with Gasteiger partial charge in [-0.25, -0.2) is 9.18 Å². The topological polar surface area (TPSA) is 79.9 Å². The van der Waals surface area contributed by atoms with Crippen molar-refractivity contribution in [3.8, 4) is 5.75 Å². The zero-order chi connectivity index (χ0) is 19.5. The van der Waals surface area contributed by atoms with Crippen LogP contribution in [0, 0.1) is 11.7 Å². The van der Waals surface area contributed by atoms with E-state index in [1.807, 2.05) is 0 Å². The normalized spacial score (nSPS) is 15.2. The standard InChI is InChI=1S/C19H28FN3O4/c1-21-18(24)14-27-19(25)22-9-6-15-7-10-23(11-8-15)12-13-26-17-4-2-16(20)3-5-17/h2-5,15H,6-14H2,1H3,(H,21,24)(H,22,25). The molecule has 0 aromatic heterocycles. The highest BCUT2D eigenvalue weighted by molar-refractivity contribution is 5.79. The van der Waals surface area contributed by atoms with Gasteiger partial charge in [-0.1, -0.05) is 0 Å². The first kappa shape index (κ1) is 21.0. The van der Waals surface area contributed by atoms with Gasteiger partial charge in [0.25, 0.3) is 5.91 Å². The van der Waals surface area contributed by atoms with Gasteiger partial charge >= 0.3 is 6.09 Å². The Morgan fingerprint density at radius 3 is 2.59 bits per heavy atom. The van der Waals surface area contributed by atoms with Gasteiger partial charge in [-0.3, -0.25) is 9.69 Å². The van der Waals surface area contributed by atoms with Crippen LogP contribution in [-0.2, 0) is 9.53 Å². The summed E-state index contributed by atoms with van der Waals surface area (Å²) in [5.74, 6) is 0.652. The summed E-state index contributed by atoms with van der Waals surface area (Å²) >= 11 is 0. The molecule has 8 heteroatoms. The fourth-order valence-corrected chi connectivity index (χ4v) is 2.95. The molecule has 1 saturated heterocycles. The molecule has 27 heavy (non-hydrogen) atoms. The van der Waals surface area contributed by atoms with Gasteiger partial charge in [-0.15, -0.1) is 0 Å². The Balaban J connectivity index is 1.51. The van der Waals surface area contributed by atoms with Crippen LogP contribution in [0.1, 0.15) is 19.3 Å². The number of amides is 2. The third-order valence-corrected chi connectivity index (χ3v) is 4.63. The van der Waals surface area contributed by atoms with Crippen LogP contribution in [0.4, 0.5) is 9.18 Å². The number of piperidine rings is 1. The van der Waals surface area contributed by atoms with Crippen LogP contribution in [0.15, 0.2) is 24.3 Å². The first-order valence-electron chi connectivity index (χ1n) is 9.28. The molecule has 0 spiro atoms. The average molecular weight is 381 g/mol. The Bertz CT molecular complexity index is 589. The van der Waals surface area contributed by atoms with Crippen LogP contribution in [0.3, 0.4) is 0 Å². The quantitative estimate of drug-likeness (QED) is 0.682. The van der Waals surface area contributed by atoms with Crippen molar-refractivity contribution >= 4 is 12.0 Å². The lowest BCUT2D eigenvalue weighted by Gasteiger charge is -2.31. The number of rotatable bonds is 9. The van der Waals surface area contributed by atoms with Crippen molar-refractivity contribution in [3.63, 3.8) is 0 Å². The molecule has 150 valence electrons. The highest BCUT2D eigenvalue weighted by atomic mass is 19.1. The minimum absolute atomic E-state index is 0.263. The number of hydrogen-bond acceptors (Lipinski definition) is 5. The van der Waals surface area contributed by atoms with Gasteiger partial charge in [-0.2, -0.15) is 0 Å². The van der Waals surface area contributed by atoms with Crippen molar-refractivity contribution in [1.82, 2.24) is 15.5 Å². The molecular weight excluding hydrogens is 353 g/mol. The summed E-state index contributed by atoms with van der Waals surface area (Å²) in [5.41, 5.74) is 0. The van der Waals surface area contributed by atoms with Gasteiger partial charge in [0.05, 0.1) is 0 Å². The smallest absolute Gasteiger partial charge is 0.407 e. The van der Waals surface area contributed by atoms with E-state index >= 15 is 0 Å². The van der Waals surface area contributed by atoms with Crippen LogP contribution >= 0.6 is 0 Å². The van der Waals surface area contributed by atoms with E-state index in [9.17, 15) is 14.0 Å². The molecule has 1 heterocycles. The highest BCUT2D eigenvalue weighted by Gasteiger charge is 2.19. The number of ether oxygens (including phenoxy) is 2. The fourth-order valence-electron chi connectivity index (χ4n) is 2.95. The third kappa shape index (κ3) is 8.25. The summed E-state index contributed by atoms with van der Waals surface area (Å²) in [5, 5.41) is 5.06. The van der Waals surface area contributed by atoms with Gasteiger partial charge in [0.1, 0.15) is 18.2 Å². The zero-order valence-corrected chi connectivity index (χ0v) is 15.7. The Hall–Kier alpha value is -2.35. The van der Waals surface area contributed by atoms with Gasteiger partial charge < -0.3 is 20.1 Å². The molecule has 0 radical (unpaired) electrons. The lowest BCUT2D eigenvalue weighted by molar-refractivity contribution is -0.123. The van der Waals surface area contributed by atoms with E-state index in [0.717, 1.165) is 38.9 Å². The van der Waals surface area contributed by atoms with Gasteiger partial charge in [0.2, 0.25) is 0 Å². The highest BCUT2D eigenvalue weighted by Crippen LogP contribution is 2.20. The van der Waals surface area contributed by atoms with E-state index in [1.165, 1.54) is 19.2 Å². The summed E-state index contributed by atoms with van der Waals surface area (Å²) in [6, 6.07) is 6.05. The Morgan fingerprint density at radius 2 is 1.93 bits per heavy atom. The molecule has 2 amide bonds. The monoisotopic (exact) mass is 381 g/mol. The number of carbonyl (C=O) groups excluding carboxylic acids is 2. The fraction of sp³-hybridized carbons (Fsp3) is 0.579. The molecule has 0 unspecified atom stereocenters. The number of carbonyl (C=O) groups is 2. The molecule has 1 fully saturated rings. The number of benzene rings is 1. The molecule has 1 aliphatic rings. The van der Waals surface area contributed by atoms with Crippen LogP contribution in [0.2, 0.25) is 0 Å². The van der Waals surface area contributed by atoms with Gasteiger partial charge in [0, 0.05) is 20.1 Å². The van der Waals surface area contributed by atoms with Crippen molar-refractivity contribution in [3.05, 3.63) is 30.1 Å². The number of likely N-dealkylation sites (tertiary alicyclic amines) is 1. The zero-order valence-electron chi connectivity index (χ0n) is 15.7. The Labute approximate surface area is 159 Å².